The van der Waals surface area contributed by atoms with Gasteiger partial charge in [-0.25, -0.2) is 19.0 Å². The molecule has 0 bridgehead atoms. The first-order valence-electron chi connectivity index (χ1n) is 8.32. The van der Waals surface area contributed by atoms with Gasteiger partial charge in [-0.1, -0.05) is 36.7 Å². The SMILES string of the molecule is CCCn1c(Cl)c(/C=N/NC(=O)Nc2cc(F)cc(F)c2)c2ccccc21. The number of benzene rings is 2. The molecule has 0 spiro atoms. The summed E-state index contributed by atoms with van der Waals surface area (Å²) in [5.41, 5.74) is 3.90. The van der Waals surface area contributed by atoms with Crippen LogP contribution in [0.25, 0.3) is 10.9 Å². The fraction of sp³-hybridized carbons (Fsp3) is 0.158. The van der Waals surface area contributed by atoms with Crippen LogP contribution in [0.2, 0.25) is 5.15 Å². The maximum absolute atomic E-state index is 13.2. The minimum Gasteiger partial charge on any atom is -0.331 e. The lowest BCUT2D eigenvalue weighted by atomic mass is 10.2. The van der Waals surface area contributed by atoms with Crippen molar-refractivity contribution >= 4 is 40.4 Å². The van der Waals surface area contributed by atoms with Gasteiger partial charge in [0.25, 0.3) is 0 Å². The maximum Gasteiger partial charge on any atom is 0.339 e. The van der Waals surface area contributed by atoms with Crippen LogP contribution in [0.15, 0.2) is 47.6 Å². The van der Waals surface area contributed by atoms with Crippen LogP contribution < -0.4 is 10.7 Å². The van der Waals surface area contributed by atoms with E-state index in [9.17, 15) is 13.6 Å². The van der Waals surface area contributed by atoms with Gasteiger partial charge in [0, 0.05) is 34.8 Å². The highest BCUT2D eigenvalue weighted by Crippen LogP contribution is 2.29. The molecule has 0 fully saturated rings. The van der Waals surface area contributed by atoms with E-state index in [-0.39, 0.29) is 5.69 Å². The maximum atomic E-state index is 13.2. The van der Waals surface area contributed by atoms with E-state index >= 15 is 0 Å². The Hall–Kier alpha value is -2.93. The van der Waals surface area contributed by atoms with E-state index in [1.807, 2.05) is 28.8 Å². The van der Waals surface area contributed by atoms with Gasteiger partial charge in [-0.15, -0.1) is 0 Å². The van der Waals surface area contributed by atoms with Crippen molar-refractivity contribution in [3.05, 3.63) is 64.8 Å². The van der Waals surface area contributed by atoms with Crippen LogP contribution in [-0.2, 0) is 6.54 Å². The third kappa shape index (κ3) is 4.25. The number of rotatable bonds is 5. The van der Waals surface area contributed by atoms with Gasteiger partial charge in [0.15, 0.2) is 0 Å². The molecule has 1 aromatic heterocycles. The number of anilines is 1. The number of halogens is 3. The van der Waals surface area contributed by atoms with Gasteiger partial charge in [-0.2, -0.15) is 5.10 Å². The Labute approximate surface area is 159 Å². The number of para-hydroxylation sites is 1. The van der Waals surface area contributed by atoms with Gasteiger partial charge in [0.05, 0.1) is 6.21 Å². The molecular formula is C19H17ClF2N4O. The second kappa shape index (κ2) is 8.18. The lowest BCUT2D eigenvalue weighted by molar-refractivity contribution is 0.252. The van der Waals surface area contributed by atoms with E-state index < -0.39 is 17.7 Å². The molecule has 5 nitrogen and oxygen atoms in total. The molecule has 140 valence electrons. The van der Waals surface area contributed by atoms with Crippen LogP contribution in [0, 0.1) is 11.6 Å². The number of nitrogens with zero attached hydrogens (tertiary/aromatic N) is 2. The standard InChI is InChI=1S/C19H17ClF2N4O/c1-2-7-26-17-6-4-3-5-15(17)16(18(26)20)11-23-25-19(27)24-14-9-12(21)8-13(22)10-14/h3-6,8-11H,2,7H2,1H3,(H2,24,25,27)/b23-11+. The Bertz CT molecular complexity index is 996. The van der Waals surface area contributed by atoms with Gasteiger partial charge in [0.1, 0.15) is 16.8 Å². The van der Waals surface area contributed by atoms with E-state index in [2.05, 4.69) is 22.8 Å². The fourth-order valence-electron chi connectivity index (χ4n) is 2.80. The van der Waals surface area contributed by atoms with Crippen molar-refractivity contribution in [3.8, 4) is 0 Å². The highest BCUT2D eigenvalue weighted by Gasteiger charge is 2.13. The number of fused-ring (bicyclic) bond motifs is 1. The molecule has 3 aromatic rings. The normalized spacial score (nSPS) is 11.3. The number of aryl methyl sites for hydroxylation is 1. The zero-order valence-electron chi connectivity index (χ0n) is 14.5. The summed E-state index contributed by atoms with van der Waals surface area (Å²) in [5.74, 6) is -1.58. The quantitative estimate of drug-likeness (QED) is 0.460. The lowest BCUT2D eigenvalue weighted by Gasteiger charge is -2.04. The van der Waals surface area contributed by atoms with Crippen LogP contribution in [0.3, 0.4) is 0 Å². The van der Waals surface area contributed by atoms with Crippen molar-refractivity contribution in [3.63, 3.8) is 0 Å². The van der Waals surface area contributed by atoms with Crippen molar-refractivity contribution in [1.82, 2.24) is 9.99 Å². The molecule has 1 heterocycles. The predicted molar refractivity (Wildman–Crippen MR) is 103 cm³/mol. The molecule has 0 aliphatic heterocycles. The van der Waals surface area contributed by atoms with Gasteiger partial charge < -0.3 is 9.88 Å². The molecule has 0 radical (unpaired) electrons. The summed E-state index contributed by atoms with van der Waals surface area (Å²) in [6.07, 6.45) is 2.36. The van der Waals surface area contributed by atoms with Crippen LogP contribution in [0.5, 0.6) is 0 Å². The minimum absolute atomic E-state index is 0.0159. The number of carbonyl (C=O) groups is 1. The first-order valence-corrected chi connectivity index (χ1v) is 8.70. The first kappa shape index (κ1) is 18.8. The number of amides is 2. The summed E-state index contributed by atoms with van der Waals surface area (Å²) in [6, 6.07) is 9.69. The Morgan fingerprint density at radius 1 is 1.22 bits per heavy atom. The highest BCUT2D eigenvalue weighted by atomic mass is 35.5. The van der Waals surface area contributed by atoms with E-state index in [4.69, 9.17) is 11.6 Å². The first-order chi connectivity index (χ1) is 13.0. The number of nitrogens with one attached hydrogen (secondary N) is 2. The zero-order chi connectivity index (χ0) is 19.4. The minimum atomic E-state index is -0.788. The summed E-state index contributed by atoms with van der Waals surface area (Å²) >= 11 is 6.47. The summed E-state index contributed by atoms with van der Waals surface area (Å²) in [7, 11) is 0. The zero-order valence-corrected chi connectivity index (χ0v) is 15.2. The third-order valence-corrected chi connectivity index (χ3v) is 4.28. The van der Waals surface area contributed by atoms with Crippen molar-refractivity contribution in [2.45, 2.75) is 19.9 Å². The Balaban J connectivity index is 1.76. The van der Waals surface area contributed by atoms with Gasteiger partial charge >= 0.3 is 6.03 Å². The Morgan fingerprint density at radius 3 is 2.63 bits per heavy atom. The Morgan fingerprint density at radius 2 is 1.93 bits per heavy atom. The van der Waals surface area contributed by atoms with Crippen molar-refractivity contribution in [1.29, 1.82) is 0 Å². The molecule has 2 aromatic carbocycles. The van der Waals surface area contributed by atoms with E-state index in [0.717, 1.165) is 42.1 Å². The second-order valence-corrected chi connectivity index (χ2v) is 6.21. The average Bonchev–Trinajstić information content (AvgIpc) is 2.87. The van der Waals surface area contributed by atoms with E-state index in [1.54, 1.807) is 0 Å². The summed E-state index contributed by atoms with van der Waals surface area (Å²) < 4.78 is 28.3. The van der Waals surface area contributed by atoms with Gasteiger partial charge in [-0.3, -0.25) is 0 Å². The fourth-order valence-corrected chi connectivity index (χ4v) is 3.13. The highest BCUT2D eigenvalue weighted by molar-refractivity contribution is 6.34. The number of aromatic nitrogens is 1. The Kier molecular flexibility index (Phi) is 5.71. The van der Waals surface area contributed by atoms with Crippen molar-refractivity contribution < 1.29 is 13.6 Å². The predicted octanol–water partition coefficient (Wildman–Crippen LogP) is 5.14. The molecule has 0 atom stereocenters. The molecule has 0 saturated carbocycles. The summed E-state index contributed by atoms with van der Waals surface area (Å²) in [5, 5.41) is 7.64. The molecule has 0 unspecified atom stereocenters. The number of hydrogen-bond acceptors (Lipinski definition) is 2. The van der Waals surface area contributed by atoms with Gasteiger partial charge in [-0.05, 0) is 24.6 Å². The molecule has 0 aliphatic rings. The van der Waals surface area contributed by atoms with E-state index in [1.165, 1.54) is 6.21 Å². The topological polar surface area (TPSA) is 58.4 Å². The molecule has 8 heteroatoms. The average molecular weight is 391 g/mol. The molecule has 3 rings (SSSR count). The molecule has 27 heavy (non-hydrogen) atoms. The smallest absolute Gasteiger partial charge is 0.331 e. The van der Waals surface area contributed by atoms with Crippen molar-refractivity contribution in [2.75, 3.05) is 5.32 Å². The molecule has 2 amide bonds. The molecule has 2 N–H and O–H groups in total. The van der Waals surface area contributed by atoms with Crippen LogP contribution in [0.4, 0.5) is 19.3 Å². The van der Waals surface area contributed by atoms with Crippen molar-refractivity contribution in [2.24, 2.45) is 5.10 Å². The van der Waals surface area contributed by atoms with Crippen LogP contribution in [-0.4, -0.2) is 16.8 Å². The third-order valence-electron chi connectivity index (χ3n) is 3.87. The molecule has 0 saturated heterocycles. The van der Waals surface area contributed by atoms with Crippen LogP contribution in [0.1, 0.15) is 18.9 Å². The second-order valence-electron chi connectivity index (χ2n) is 5.86. The number of hydrogen-bond donors (Lipinski definition) is 2. The van der Waals surface area contributed by atoms with Gasteiger partial charge in [0.2, 0.25) is 0 Å². The number of urea groups is 1. The summed E-state index contributed by atoms with van der Waals surface area (Å²) in [6.45, 7) is 2.81. The van der Waals surface area contributed by atoms with Crippen LogP contribution >= 0.6 is 11.6 Å². The lowest BCUT2D eigenvalue weighted by Crippen LogP contribution is -2.24. The largest absolute Gasteiger partial charge is 0.339 e. The number of hydrazone groups is 1. The molecule has 0 aliphatic carbocycles. The summed E-state index contributed by atoms with van der Waals surface area (Å²) in [4.78, 5) is 11.9. The van der Waals surface area contributed by atoms with E-state index in [0.29, 0.717) is 10.7 Å². The number of carbonyl (C=O) groups excluding carboxylic acids is 1. The molecular weight excluding hydrogens is 374 g/mol. The monoisotopic (exact) mass is 390 g/mol.